The first-order valence-electron chi connectivity index (χ1n) is 6.73. The van der Waals surface area contributed by atoms with Crippen molar-refractivity contribution in [2.75, 3.05) is 10.7 Å². The van der Waals surface area contributed by atoms with Gasteiger partial charge in [0.1, 0.15) is 17.4 Å². The molecule has 1 nitrogen and oxygen atoms in total. The monoisotopic (exact) mass is 430 g/mol. The molecule has 2 rings (SSSR count). The van der Waals surface area contributed by atoms with Crippen molar-refractivity contribution in [1.82, 2.24) is 0 Å². The van der Waals surface area contributed by atoms with Gasteiger partial charge in [-0.25, -0.2) is 8.78 Å². The topological polar surface area (TPSA) is 17.1 Å². The van der Waals surface area contributed by atoms with Crippen LogP contribution in [0.25, 0.3) is 0 Å². The van der Waals surface area contributed by atoms with Crippen molar-refractivity contribution in [3.63, 3.8) is 0 Å². The predicted octanol–water partition coefficient (Wildman–Crippen LogP) is 5.19. The summed E-state index contributed by atoms with van der Waals surface area (Å²) in [6, 6.07) is 12.0. The maximum absolute atomic E-state index is 13.4. The molecule has 116 valence electrons. The van der Waals surface area contributed by atoms with E-state index in [0.717, 1.165) is 0 Å². The fourth-order valence-corrected chi connectivity index (χ4v) is 3.73. The number of carbonyl (C=O) groups is 1. The van der Waals surface area contributed by atoms with Crippen LogP contribution in [0.4, 0.5) is 8.78 Å². The molecular formula is C17H14Br2F2O. The van der Waals surface area contributed by atoms with E-state index >= 15 is 0 Å². The molecule has 0 saturated heterocycles. The van der Waals surface area contributed by atoms with Gasteiger partial charge in [0.05, 0.1) is 11.8 Å². The Balaban J connectivity index is 2.33. The number of rotatable bonds is 6. The number of hydrogen-bond acceptors (Lipinski definition) is 1. The first-order chi connectivity index (χ1) is 10.6. The van der Waals surface area contributed by atoms with Gasteiger partial charge in [-0.2, -0.15) is 0 Å². The third-order valence-corrected chi connectivity index (χ3v) is 4.79. The van der Waals surface area contributed by atoms with E-state index in [-0.39, 0.29) is 17.4 Å². The lowest BCUT2D eigenvalue weighted by Crippen LogP contribution is -2.23. The number of alkyl halides is 2. The zero-order valence-electron chi connectivity index (χ0n) is 11.6. The standard InChI is InChI=1S/C17H14Br2F2O/c18-9-15(11-3-1-5-13(20)7-11)17(22)16(10-19)12-4-2-6-14(21)8-12/h1-8,15-16H,9-10H2. The number of benzene rings is 2. The van der Waals surface area contributed by atoms with Crippen molar-refractivity contribution in [2.45, 2.75) is 11.8 Å². The second-order valence-corrected chi connectivity index (χ2v) is 6.22. The Labute approximate surface area is 145 Å². The molecule has 0 aromatic heterocycles. The molecule has 5 heteroatoms. The highest BCUT2D eigenvalue weighted by Gasteiger charge is 2.28. The van der Waals surface area contributed by atoms with Crippen molar-refractivity contribution in [1.29, 1.82) is 0 Å². The minimum absolute atomic E-state index is 0.0787. The normalized spacial score (nSPS) is 13.6. The largest absolute Gasteiger partial charge is 0.298 e. The fraction of sp³-hybridized carbons (Fsp3) is 0.235. The van der Waals surface area contributed by atoms with Gasteiger partial charge in [0.2, 0.25) is 0 Å². The summed E-state index contributed by atoms with van der Waals surface area (Å²) in [4.78, 5) is 12.8. The van der Waals surface area contributed by atoms with E-state index in [9.17, 15) is 13.6 Å². The summed E-state index contributed by atoms with van der Waals surface area (Å²) in [6.45, 7) is 0. The van der Waals surface area contributed by atoms with Crippen molar-refractivity contribution < 1.29 is 13.6 Å². The number of halogens is 4. The van der Waals surface area contributed by atoms with Crippen LogP contribution in [0.1, 0.15) is 23.0 Å². The molecule has 0 bridgehead atoms. The third-order valence-electron chi connectivity index (χ3n) is 3.50. The Morgan fingerprint density at radius 1 is 0.864 bits per heavy atom. The summed E-state index contributed by atoms with van der Waals surface area (Å²) in [5.41, 5.74) is 1.23. The summed E-state index contributed by atoms with van der Waals surface area (Å²) in [7, 11) is 0. The van der Waals surface area contributed by atoms with E-state index in [1.165, 1.54) is 24.3 Å². The van der Waals surface area contributed by atoms with Gasteiger partial charge in [-0.05, 0) is 35.4 Å². The lowest BCUT2D eigenvalue weighted by atomic mass is 9.86. The number of hydrogen-bond donors (Lipinski definition) is 0. The lowest BCUT2D eigenvalue weighted by Gasteiger charge is -2.20. The van der Waals surface area contributed by atoms with Gasteiger partial charge < -0.3 is 0 Å². The Morgan fingerprint density at radius 2 is 1.27 bits per heavy atom. The van der Waals surface area contributed by atoms with Crippen molar-refractivity contribution in [3.8, 4) is 0 Å². The van der Waals surface area contributed by atoms with E-state index in [0.29, 0.717) is 21.8 Å². The molecule has 0 N–H and O–H groups in total. The first-order valence-corrected chi connectivity index (χ1v) is 8.97. The molecule has 0 amide bonds. The van der Waals surface area contributed by atoms with Gasteiger partial charge in [-0.1, -0.05) is 56.1 Å². The van der Waals surface area contributed by atoms with Gasteiger partial charge in [0.15, 0.2) is 0 Å². The summed E-state index contributed by atoms with van der Waals surface area (Å²) >= 11 is 6.66. The number of ketones is 1. The highest BCUT2D eigenvalue weighted by molar-refractivity contribution is 9.09. The Morgan fingerprint density at radius 3 is 1.59 bits per heavy atom. The summed E-state index contributed by atoms with van der Waals surface area (Å²) in [5.74, 6) is -1.80. The Bertz CT molecular complexity index is 605. The van der Waals surface area contributed by atoms with Crippen LogP contribution in [0.15, 0.2) is 48.5 Å². The average molecular weight is 432 g/mol. The molecule has 0 aliphatic rings. The van der Waals surface area contributed by atoms with Gasteiger partial charge in [-0.15, -0.1) is 0 Å². The van der Waals surface area contributed by atoms with E-state index in [4.69, 9.17) is 0 Å². The molecule has 0 saturated carbocycles. The van der Waals surface area contributed by atoms with E-state index in [1.54, 1.807) is 24.3 Å². The molecule has 0 spiro atoms. The minimum Gasteiger partial charge on any atom is -0.298 e. The molecule has 0 fully saturated rings. The molecule has 0 radical (unpaired) electrons. The highest BCUT2D eigenvalue weighted by Crippen LogP contribution is 2.30. The summed E-state index contributed by atoms with van der Waals surface area (Å²) in [5, 5.41) is 0.766. The smallest absolute Gasteiger partial charge is 0.149 e. The highest BCUT2D eigenvalue weighted by atomic mass is 79.9. The zero-order chi connectivity index (χ0) is 16.1. The lowest BCUT2D eigenvalue weighted by molar-refractivity contribution is -0.121. The molecule has 2 aromatic rings. The third kappa shape index (κ3) is 4.02. The molecule has 0 aliphatic carbocycles. The van der Waals surface area contributed by atoms with Gasteiger partial charge in [-0.3, -0.25) is 4.79 Å². The van der Waals surface area contributed by atoms with E-state index in [1.807, 2.05) is 0 Å². The maximum atomic E-state index is 13.4. The van der Waals surface area contributed by atoms with Crippen LogP contribution >= 0.6 is 31.9 Å². The van der Waals surface area contributed by atoms with Crippen LogP contribution < -0.4 is 0 Å². The molecule has 0 aliphatic heterocycles. The van der Waals surface area contributed by atoms with E-state index in [2.05, 4.69) is 31.9 Å². The van der Waals surface area contributed by atoms with Crippen LogP contribution in [0, 0.1) is 11.6 Å². The van der Waals surface area contributed by atoms with Crippen LogP contribution in [0.2, 0.25) is 0 Å². The van der Waals surface area contributed by atoms with Gasteiger partial charge in [0, 0.05) is 10.7 Å². The predicted molar refractivity (Wildman–Crippen MR) is 90.9 cm³/mol. The summed E-state index contributed by atoms with van der Waals surface area (Å²) in [6.07, 6.45) is 0. The van der Waals surface area contributed by atoms with Crippen molar-refractivity contribution >= 4 is 37.6 Å². The van der Waals surface area contributed by atoms with Crippen molar-refractivity contribution in [2.24, 2.45) is 0 Å². The second kappa shape index (κ2) is 7.97. The van der Waals surface area contributed by atoms with Crippen LogP contribution in [0.3, 0.4) is 0 Å². The zero-order valence-corrected chi connectivity index (χ0v) is 14.8. The van der Waals surface area contributed by atoms with Gasteiger partial charge in [0.25, 0.3) is 0 Å². The maximum Gasteiger partial charge on any atom is 0.149 e. The number of carbonyl (C=O) groups excluding carboxylic acids is 1. The molecule has 22 heavy (non-hydrogen) atoms. The van der Waals surface area contributed by atoms with Crippen LogP contribution in [-0.4, -0.2) is 16.4 Å². The quantitative estimate of drug-likeness (QED) is 0.575. The molecule has 0 heterocycles. The first kappa shape index (κ1) is 17.3. The minimum atomic E-state index is -0.485. The van der Waals surface area contributed by atoms with Crippen LogP contribution in [0.5, 0.6) is 0 Å². The molecule has 2 aromatic carbocycles. The molecule has 2 unspecified atom stereocenters. The van der Waals surface area contributed by atoms with Crippen molar-refractivity contribution in [3.05, 3.63) is 71.3 Å². The average Bonchev–Trinajstić information content (AvgIpc) is 2.49. The summed E-state index contributed by atoms with van der Waals surface area (Å²) < 4.78 is 26.8. The number of Topliss-reactive ketones (excluding diaryl/α,β-unsaturated/α-hetero) is 1. The SMILES string of the molecule is O=C(C(CBr)c1cccc(F)c1)C(CBr)c1cccc(F)c1. The van der Waals surface area contributed by atoms with E-state index < -0.39 is 11.8 Å². The van der Waals surface area contributed by atoms with Crippen LogP contribution in [-0.2, 0) is 4.79 Å². The molecular weight excluding hydrogens is 418 g/mol. The Kier molecular flexibility index (Phi) is 6.26. The Hall–Kier alpha value is -1.07. The van der Waals surface area contributed by atoms with Gasteiger partial charge >= 0.3 is 0 Å². The second-order valence-electron chi connectivity index (χ2n) is 4.93. The molecule has 2 atom stereocenters. The fourth-order valence-electron chi connectivity index (χ4n) is 2.35.